The van der Waals surface area contributed by atoms with Crippen LogP contribution in [0.15, 0.2) is 24.5 Å². The molecule has 1 saturated heterocycles. The third kappa shape index (κ3) is 4.31. The van der Waals surface area contributed by atoms with E-state index >= 15 is 0 Å². The number of hydrogen-bond donors (Lipinski definition) is 1. The molecule has 5 rings (SSSR count). The molecule has 0 unspecified atom stereocenters. The second-order valence-electron chi connectivity index (χ2n) is 9.07. The van der Waals surface area contributed by atoms with Gasteiger partial charge in [0.05, 0.1) is 12.0 Å². The Balaban J connectivity index is 1.36. The van der Waals surface area contributed by atoms with Crippen molar-refractivity contribution in [2.45, 2.75) is 44.2 Å². The summed E-state index contributed by atoms with van der Waals surface area (Å²) in [5.74, 6) is 0.900. The summed E-state index contributed by atoms with van der Waals surface area (Å²) in [6.45, 7) is 3.97. The van der Waals surface area contributed by atoms with Crippen molar-refractivity contribution in [2.24, 2.45) is 0 Å². The van der Waals surface area contributed by atoms with Gasteiger partial charge in [-0.1, -0.05) is 0 Å². The van der Waals surface area contributed by atoms with Crippen LogP contribution in [0.4, 0.5) is 5.82 Å². The summed E-state index contributed by atoms with van der Waals surface area (Å²) in [6, 6.07) is 6.99. The summed E-state index contributed by atoms with van der Waals surface area (Å²) in [5.41, 5.74) is 0.693. The van der Waals surface area contributed by atoms with E-state index in [0.29, 0.717) is 17.6 Å². The lowest BCUT2D eigenvalue weighted by molar-refractivity contribution is 0.0828. The quantitative estimate of drug-likeness (QED) is 0.644. The molecule has 2 fully saturated rings. The largest absolute Gasteiger partial charge is 0.380 e. The van der Waals surface area contributed by atoms with Crippen LogP contribution in [0, 0.1) is 0 Å². The van der Waals surface area contributed by atoms with Crippen LogP contribution in [0.3, 0.4) is 0 Å². The number of amides is 1. The fourth-order valence-electron chi connectivity index (χ4n) is 5.02. The van der Waals surface area contributed by atoms with E-state index in [0.717, 1.165) is 71.7 Å². The first-order valence-electron chi connectivity index (χ1n) is 11.6. The van der Waals surface area contributed by atoms with Crippen molar-refractivity contribution in [1.29, 1.82) is 0 Å². The van der Waals surface area contributed by atoms with Crippen LogP contribution >= 0.6 is 11.3 Å². The highest BCUT2D eigenvalue weighted by Gasteiger charge is 2.27. The first-order chi connectivity index (χ1) is 15.6. The number of benzene rings is 1. The monoisotopic (exact) mass is 453 g/mol. The van der Waals surface area contributed by atoms with Crippen molar-refractivity contribution in [1.82, 2.24) is 19.8 Å². The highest BCUT2D eigenvalue weighted by molar-refractivity contribution is 7.25. The van der Waals surface area contributed by atoms with Crippen LogP contribution < -0.4 is 5.32 Å². The maximum Gasteiger partial charge on any atom is 0.253 e. The van der Waals surface area contributed by atoms with Gasteiger partial charge in [-0.25, -0.2) is 9.97 Å². The van der Waals surface area contributed by atoms with E-state index in [-0.39, 0.29) is 5.91 Å². The lowest BCUT2D eigenvalue weighted by atomic mass is 9.90. The van der Waals surface area contributed by atoms with Crippen molar-refractivity contribution in [3.8, 4) is 0 Å². The number of nitrogens with one attached hydrogen (secondary N) is 1. The zero-order chi connectivity index (χ0) is 22.1. The average Bonchev–Trinajstić information content (AvgIpc) is 2.97. The summed E-state index contributed by atoms with van der Waals surface area (Å²) >= 11 is 1.65. The minimum absolute atomic E-state index is 0.00911. The van der Waals surface area contributed by atoms with Gasteiger partial charge in [-0.3, -0.25) is 9.69 Å². The van der Waals surface area contributed by atoms with Gasteiger partial charge in [0.1, 0.15) is 17.0 Å². The molecule has 1 saturated carbocycles. The van der Waals surface area contributed by atoms with Crippen LogP contribution in [-0.4, -0.2) is 78.2 Å². The van der Waals surface area contributed by atoms with Gasteiger partial charge >= 0.3 is 0 Å². The third-order valence-corrected chi connectivity index (χ3v) is 7.81. The SMILES string of the molecule is CN(C)C(=O)c1ccc2sc3ncnc(NC4CCC(N5CCCOCC5)CC4)c3c2c1. The number of anilines is 1. The normalized spacial score (nSPS) is 22.7. The van der Waals surface area contributed by atoms with Crippen LogP contribution in [0.5, 0.6) is 0 Å². The molecular weight excluding hydrogens is 422 g/mol. The van der Waals surface area contributed by atoms with Crippen LogP contribution in [0.1, 0.15) is 42.5 Å². The fraction of sp³-hybridized carbons (Fsp3) is 0.542. The summed E-state index contributed by atoms with van der Waals surface area (Å²) < 4.78 is 6.76. The highest BCUT2D eigenvalue weighted by atomic mass is 32.1. The maximum atomic E-state index is 12.5. The molecule has 3 aromatic rings. The zero-order valence-electron chi connectivity index (χ0n) is 18.8. The number of hydrogen-bond acceptors (Lipinski definition) is 7. The zero-order valence-corrected chi connectivity index (χ0v) is 19.7. The molecular formula is C24H31N5O2S. The molecule has 0 atom stereocenters. The predicted octanol–water partition coefficient (Wildman–Crippen LogP) is 3.99. The number of aromatic nitrogens is 2. The molecule has 2 aliphatic rings. The molecule has 0 bridgehead atoms. The number of rotatable bonds is 4. The number of ether oxygens (including phenoxy) is 1. The second-order valence-corrected chi connectivity index (χ2v) is 10.1. The predicted molar refractivity (Wildman–Crippen MR) is 130 cm³/mol. The van der Waals surface area contributed by atoms with Crippen molar-refractivity contribution in [2.75, 3.05) is 45.7 Å². The Morgan fingerprint density at radius 2 is 2.00 bits per heavy atom. The molecule has 1 N–H and O–H groups in total. The van der Waals surface area contributed by atoms with Gasteiger partial charge in [-0.15, -0.1) is 11.3 Å². The summed E-state index contributed by atoms with van der Waals surface area (Å²) in [6.07, 6.45) is 7.48. The number of thiophene rings is 1. The van der Waals surface area contributed by atoms with E-state index in [1.807, 2.05) is 18.2 Å². The average molecular weight is 454 g/mol. The molecule has 170 valence electrons. The molecule has 0 spiro atoms. The lowest BCUT2D eigenvalue weighted by Crippen LogP contribution is -2.41. The van der Waals surface area contributed by atoms with Crippen LogP contribution in [0.25, 0.3) is 20.3 Å². The minimum Gasteiger partial charge on any atom is -0.380 e. The van der Waals surface area contributed by atoms with E-state index in [9.17, 15) is 4.79 Å². The molecule has 3 heterocycles. The molecule has 1 aromatic carbocycles. The highest BCUT2D eigenvalue weighted by Crippen LogP contribution is 2.37. The summed E-state index contributed by atoms with van der Waals surface area (Å²) in [4.78, 5) is 26.8. The van der Waals surface area contributed by atoms with E-state index in [4.69, 9.17) is 4.74 Å². The molecule has 2 aromatic heterocycles. The molecule has 1 aliphatic heterocycles. The van der Waals surface area contributed by atoms with Gasteiger partial charge in [-0.2, -0.15) is 0 Å². The van der Waals surface area contributed by atoms with Crippen molar-refractivity contribution in [3.05, 3.63) is 30.1 Å². The Kier molecular flexibility index (Phi) is 6.26. The molecule has 1 amide bonds. The Hall–Kier alpha value is -2.29. The van der Waals surface area contributed by atoms with Crippen LogP contribution in [0.2, 0.25) is 0 Å². The first-order valence-corrected chi connectivity index (χ1v) is 12.4. The Labute approximate surface area is 192 Å². The molecule has 0 radical (unpaired) electrons. The van der Waals surface area contributed by atoms with E-state index < -0.39 is 0 Å². The topological polar surface area (TPSA) is 70.6 Å². The minimum atomic E-state index is 0.00911. The maximum absolute atomic E-state index is 12.5. The van der Waals surface area contributed by atoms with Crippen molar-refractivity contribution < 1.29 is 9.53 Å². The number of fused-ring (bicyclic) bond motifs is 3. The van der Waals surface area contributed by atoms with E-state index in [1.54, 1.807) is 36.7 Å². The summed E-state index contributed by atoms with van der Waals surface area (Å²) in [5, 5.41) is 5.82. The Bertz CT molecular complexity index is 1100. The molecule has 32 heavy (non-hydrogen) atoms. The van der Waals surface area contributed by atoms with Gasteiger partial charge in [0.2, 0.25) is 0 Å². The van der Waals surface area contributed by atoms with E-state index in [1.165, 1.54) is 12.8 Å². The Morgan fingerprint density at radius 1 is 1.16 bits per heavy atom. The van der Waals surface area contributed by atoms with Gasteiger partial charge in [-0.05, 0) is 50.3 Å². The van der Waals surface area contributed by atoms with E-state index in [2.05, 4.69) is 20.2 Å². The molecule has 7 nitrogen and oxygen atoms in total. The smallest absolute Gasteiger partial charge is 0.253 e. The van der Waals surface area contributed by atoms with Crippen molar-refractivity contribution in [3.63, 3.8) is 0 Å². The fourth-order valence-corrected chi connectivity index (χ4v) is 6.04. The van der Waals surface area contributed by atoms with Gasteiger partial charge in [0.15, 0.2) is 0 Å². The second kappa shape index (κ2) is 9.29. The number of carbonyl (C=O) groups is 1. The summed E-state index contributed by atoms with van der Waals surface area (Å²) in [7, 11) is 3.56. The van der Waals surface area contributed by atoms with Gasteiger partial charge in [0.25, 0.3) is 5.91 Å². The van der Waals surface area contributed by atoms with Crippen LogP contribution in [-0.2, 0) is 4.74 Å². The van der Waals surface area contributed by atoms with Gasteiger partial charge < -0.3 is 15.0 Å². The number of nitrogens with zero attached hydrogens (tertiary/aromatic N) is 4. The third-order valence-electron chi connectivity index (χ3n) is 6.73. The first kappa shape index (κ1) is 21.6. The molecule has 1 aliphatic carbocycles. The number of carbonyl (C=O) groups excluding carboxylic acids is 1. The van der Waals surface area contributed by atoms with Crippen molar-refractivity contribution >= 4 is 43.4 Å². The lowest BCUT2D eigenvalue weighted by Gasteiger charge is -2.36. The van der Waals surface area contributed by atoms with Gasteiger partial charge in [0, 0.05) is 61.5 Å². The standard InChI is InChI=1S/C24H31N5O2S/c1-28(2)24(30)16-4-9-20-19(14-16)21-22(25-15-26-23(21)32-20)27-17-5-7-18(8-6-17)29-10-3-12-31-13-11-29/h4,9,14-15,17-18H,3,5-8,10-13H2,1-2H3,(H,25,26,27). The Morgan fingerprint density at radius 3 is 2.81 bits per heavy atom. The molecule has 8 heteroatoms.